The molecular weight excluding hydrogens is 558 g/mol. The van der Waals surface area contributed by atoms with Crippen LogP contribution in [0.3, 0.4) is 0 Å². The van der Waals surface area contributed by atoms with Crippen LogP contribution >= 0.6 is 11.6 Å². The first-order valence-corrected chi connectivity index (χ1v) is 13.5. The minimum atomic E-state index is -1.12. The highest BCUT2D eigenvalue weighted by Gasteiger charge is 2.39. The number of hydrogen-bond acceptors (Lipinski definition) is 6. The van der Waals surface area contributed by atoms with Crippen molar-refractivity contribution in [2.45, 2.75) is 12.6 Å². The number of benzene rings is 4. The van der Waals surface area contributed by atoms with E-state index in [9.17, 15) is 19.2 Å². The van der Waals surface area contributed by atoms with Gasteiger partial charge in [-0.3, -0.25) is 24.1 Å². The Morgan fingerprint density at radius 2 is 1.60 bits per heavy atom. The number of fused-ring (bicyclic) bond motifs is 2. The molecule has 3 amide bonds. The normalized spacial score (nSPS) is 14.0. The molecule has 0 unspecified atom stereocenters. The molecule has 0 aromatic heterocycles. The number of halogens is 1. The number of Topliss-reactive ketones (excluding diaryl/α,β-unsaturated/α-hetero) is 1. The minimum Gasteiger partial charge on any atom is -0.454 e. The molecule has 0 fully saturated rings. The van der Waals surface area contributed by atoms with Crippen LogP contribution in [-0.4, -0.2) is 41.7 Å². The van der Waals surface area contributed by atoms with Crippen LogP contribution in [-0.2, 0) is 20.9 Å². The van der Waals surface area contributed by atoms with Crippen LogP contribution in [0.5, 0.6) is 11.5 Å². The molecule has 0 bridgehead atoms. The number of ether oxygens (including phenoxy) is 2. The van der Waals surface area contributed by atoms with Gasteiger partial charge in [0, 0.05) is 23.3 Å². The molecular formula is C32H24ClN3O6. The van der Waals surface area contributed by atoms with E-state index < -0.39 is 36.1 Å². The summed E-state index contributed by atoms with van der Waals surface area (Å²) < 4.78 is 10.8. The lowest BCUT2D eigenvalue weighted by Crippen LogP contribution is -2.46. The molecule has 9 nitrogen and oxygen atoms in total. The molecule has 6 rings (SSSR count). The van der Waals surface area contributed by atoms with Crippen LogP contribution in [0.15, 0.2) is 97.1 Å². The SMILES string of the molecule is O=C1C(=O)N(CC(=O)N(Cc2ccccc2)[C@H](C(=O)Nc2ccc3c(c2)OCO3)c2ccc(Cl)cc2)c2ccccc21. The number of nitrogens with one attached hydrogen (secondary N) is 1. The van der Waals surface area contributed by atoms with Gasteiger partial charge in [-0.15, -0.1) is 0 Å². The van der Waals surface area contributed by atoms with E-state index >= 15 is 0 Å². The van der Waals surface area contributed by atoms with Crippen molar-refractivity contribution < 1.29 is 28.7 Å². The molecule has 0 spiro atoms. The van der Waals surface area contributed by atoms with Crippen molar-refractivity contribution in [3.63, 3.8) is 0 Å². The lowest BCUT2D eigenvalue weighted by molar-refractivity contribution is -0.139. The Kier molecular flexibility index (Phi) is 7.33. The van der Waals surface area contributed by atoms with Crippen LogP contribution < -0.4 is 19.7 Å². The van der Waals surface area contributed by atoms with Crippen molar-refractivity contribution in [3.05, 3.63) is 119 Å². The van der Waals surface area contributed by atoms with E-state index in [0.717, 1.165) is 10.5 Å². The van der Waals surface area contributed by atoms with E-state index in [1.165, 1.54) is 4.90 Å². The van der Waals surface area contributed by atoms with Gasteiger partial charge >= 0.3 is 0 Å². The predicted molar refractivity (Wildman–Crippen MR) is 156 cm³/mol. The van der Waals surface area contributed by atoms with Gasteiger partial charge < -0.3 is 19.7 Å². The number of ketones is 1. The highest BCUT2D eigenvalue weighted by atomic mass is 35.5. The summed E-state index contributed by atoms with van der Waals surface area (Å²) in [6.45, 7) is -0.296. The second-order valence-corrected chi connectivity index (χ2v) is 10.2. The average molecular weight is 582 g/mol. The fraction of sp³-hybridized carbons (Fsp3) is 0.125. The van der Waals surface area contributed by atoms with Crippen molar-refractivity contribution in [2.75, 3.05) is 23.6 Å². The molecule has 0 saturated carbocycles. The Hall–Kier alpha value is -5.15. The zero-order valence-electron chi connectivity index (χ0n) is 22.2. The molecule has 0 saturated heterocycles. The first-order chi connectivity index (χ1) is 20.4. The molecule has 42 heavy (non-hydrogen) atoms. The zero-order chi connectivity index (χ0) is 29.2. The third-order valence-electron chi connectivity index (χ3n) is 7.07. The highest BCUT2D eigenvalue weighted by molar-refractivity contribution is 6.52. The Labute approximate surface area is 246 Å². The molecule has 2 heterocycles. The number of carbonyl (C=O) groups is 4. The number of nitrogens with zero attached hydrogens (tertiary/aromatic N) is 2. The Bertz CT molecular complexity index is 1690. The van der Waals surface area contributed by atoms with Gasteiger partial charge in [-0.1, -0.05) is 66.2 Å². The van der Waals surface area contributed by atoms with E-state index in [1.54, 1.807) is 66.7 Å². The summed E-state index contributed by atoms with van der Waals surface area (Å²) >= 11 is 6.16. The molecule has 210 valence electrons. The highest BCUT2D eigenvalue weighted by Crippen LogP contribution is 2.35. The summed E-state index contributed by atoms with van der Waals surface area (Å²) in [5.74, 6) is -1.45. The van der Waals surface area contributed by atoms with Crippen LogP contribution in [0, 0.1) is 0 Å². The molecule has 2 aliphatic rings. The van der Waals surface area contributed by atoms with Gasteiger partial charge in [0.05, 0.1) is 11.3 Å². The predicted octanol–water partition coefficient (Wildman–Crippen LogP) is 5.01. The van der Waals surface area contributed by atoms with Crippen LogP contribution in [0.4, 0.5) is 11.4 Å². The summed E-state index contributed by atoms with van der Waals surface area (Å²) in [6.07, 6.45) is 0. The number of rotatable bonds is 8. The van der Waals surface area contributed by atoms with Crippen LogP contribution in [0.25, 0.3) is 0 Å². The average Bonchev–Trinajstić information content (AvgIpc) is 3.56. The second-order valence-electron chi connectivity index (χ2n) is 9.76. The van der Waals surface area contributed by atoms with Gasteiger partial charge in [0.1, 0.15) is 12.6 Å². The van der Waals surface area contributed by atoms with Gasteiger partial charge in [-0.2, -0.15) is 0 Å². The van der Waals surface area contributed by atoms with E-state index in [1.807, 2.05) is 30.3 Å². The molecule has 0 aliphatic carbocycles. The standard InChI is InChI=1S/C32H24ClN3O6/c33-22-12-10-21(11-13-22)29(31(39)34-23-14-15-26-27(16-23)42-19-41-26)36(17-20-6-2-1-3-7-20)28(37)18-35-25-9-5-4-8-24(25)30(38)32(35)40/h1-16,29H,17-19H2,(H,34,39)/t29-/m0/s1. The minimum absolute atomic E-state index is 0.0547. The molecule has 2 aliphatic heterocycles. The summed E-state index contributed by atoms with van der Waals surface area (Å²) in [5, 5.41) is 3.36. The molecule has 10 heteroatoms. The van der Waals surface area contributed by atoms with E-state index in [4.69, 9.17) is 21.1 Å². The van der Waals surface area contributed by atoms with Crippen molar-refractivity contribution in [3.8, 4) is 11.5 Å². The fourth-order valence-corrected chi connectivity index (χ4v) is 5.16. The van der Waals surface area contributed by atoms with E-state index in [0.29, 0.717) is 33.5 Å². The van der Waals surface area contributed by atoms with E-state index in [2.05, 4.69) is 5.32 Å². The summed E-state index contributed by atoms with van der Waals surface area (Å²) in [6, 6.07) is 26.3. The van der Waals surface area contributed by atoms with Crippen molar-refractivity contribution in [1.82, 2.24) is 4.90 Å². The maximum absolute atomic E-state index is 14.1. The van der Waals surface area contributed by atoms with Crippen LogP contribution in [0.2, 0.25) is 5.02 Å². The summed E-state index contributed by atoms with van der Waals surface area (Å²) in [4.78, 5) is 56.3. The summed E-state index contributed by atoms with van der Waals surface area (Å²) in [7, 11) is 0. The lowest BCUT2D eigenvalue weighted by Gasteiger charge is -2.33. The third kappa shape index (κ3) is 5.29. The monoisotopic (exact) mass is 581 g/mol. The molecule has 1 atom stereocenters. The number of hydrogen-bond donors (Lipinski definition) is 1. The largest absolute Gasteiger partial charge is 0.454 e. The van der Waals surface area contributed by atoms with Gasteiger partial charge in [0.15, 0.2) is 11.5 Å². The molecule has 4 aromatic carbocycles. The second kappa shape index (κ2) is 11.4. The first-order valence-electron chi connectivity index (χ1n) is 13.1. The Balaban J connectivity index is 1.37. The summed E-state index contributed by atoms with van der Waals surface area (Å²) in [5.41, 5.74) is 2.31. The number of carbonyl (C=O) groups excluding carboxylic acids is 4. The van der Waals surface area contributed by atoms with Gasteiger partial charge in [0.2, 0.25) is 12.7 Å². The maximum atomic E-state index is 14.1. The van der Waals surface area contributed by atoms with Gasteiger partial charge in [0.25, 0.3) is 17.6 Å². The maximum Gasteiger partial charge on any atom is 0.299 e. The smallest absolute Gasteiger partial charge is 0.299 e. The van der Waals surface area contributed by atoms with Gasteiger partial charge in [-0.25, -0.2) is 0 Å². The van der Waals surface area contributed by atoms with Crippen molar-refractivity contribution in [2.24, 2.45) is 0 Å². The zero-order valence-corrected chi connectivity index (χ0v) is 22.9. The quantitative estimate of drug-likeness (QED) is 0.293. The van der Waals surface area contributed by atoms with Gasteiger partial charge in [-0.05, 0) is 47.5 Å². The lowest BCUT2D eigenvalue weighted by atomic mass is 10.0. The van der Waals surface area contributed by atoms with E-state index in [-0.39, 0.29) is 18.9 Å². The molecule has 4 aromatic rings. The topological polar surface area (TPSA) is 105 Å². The number of amides is 3. The van der Waals surface area contributed by atoms with Crippen molar-refractivity contribution in [1.29, 1.82) is 0 Å². The molecule has 0 radical (unpaired) electrons. The number of para-hydroxylation sites is 1. The number of anilines is 2. The van der Waals surface area contributed by atoms with Crippen LogP contribution in [0.1, 0.15) is 27.5 Å². The fourth-order valence-electron chi connectivity index (χ4n) is 5.04. The first kappa shape index (κ1) is 27.0. The molecule has 1 N–H and O–H groups in total. The van der Waals surface area contributed by atoms with Crippen molar-refractivity contribution >= 4 is 46.5 Å². The Morgan fingerprint density at radius 1 is 0.881 bits per heavy atom. The Morgan fingerprint density at radius 3 is 2.38 bits per heavy atom. The third-order valence-corrected chi connectivity index (χ3v) is 7.33.